The highest BCUT2D eigenvalue weighted by Gasteiger charge is 2.26. The van der Waals surface area contributed by atoms with Crippen molar-refractivity contribution in [1.82, 2.24) is 10.2 Å². The summed E-state index contributed by atoms with van der Waals surface area (Å²) in [5.74, 6) is -0.638. The molecular weight excluding hydrogens is 330 g/mol. The molecule has 0 aromatic heterocycles. The van der Waals surface area contributed by atoms with E-state index in [2.05, 4.69) is 10.3 Å². The van der Waals surface area contributed by atoms with Gasteiger partial charge in [-0.15, -0.1) is 0 Å². The van der Waals surface area contributed by atoms with E-state index in [9.17, 15) is 13.6 Å². The lowest BCUT2D eigenvalue weighted by molar-refractivity contribution is 0.0491. The molecule has 25 heavy (non-hydrogen) atoms. The monoisotopic (exact) mass is 360 g/mol. The molecule has 0 radical (unpaired) electrons. The Morgan fingerprint density at radius 3 is 2.68 bits per heavy atom. The molecule has 0 heterocycles. The van der Waals surface area contributed by atoms with Gasteiger partial charge < -0.3 is 20.7 Å². The molecule has 0 unspecified atom stereocenters. The average molecular weight is 360 g/mol. The van der Waals surface area contributed by atoms with Gasteiger partial charge in [0.2, 0.25) is 0 Å². The number of alkyl halides is 1. The van der Waals surface area contributed by atoms with E-state index in [0.29, 0.717) is 6.42 Å². The molecule has 0 aliphatic heterocycles. The van der Waals surface area contributed by atoms with E-state index < -0.39 is 24.2 Å². The zero-order valence-electron chi connectivity index (χ0n) is 15.5. The van der Waals surface area contributed by atoms with Crippen LogP contribution in [0.3, 0.4) is 0 Å². The molecule has 1 saturated carbocycles. The van der Waals surface area contributed by atoms with E-state index in [1.165, 1.54) is 4.90 Å². The van der Waals surface area contributed by atoms with E-state index in [1.54, 1.807) is 27.8 Å². The fourth-order valence-corrected chi connectivity index (χ4v) is 2.71. The maximum Gasteiger partial charge on any atom is 0.407 e. The lowest BCUT2D eigenvalue weighted by Gasteiger charge is -2.30. The second-order valence-electron chi connectivity index (χ2n) is 7.24. The molecule has 0 aromatic rings. The van der Waals surface area contributed by atoms with E-state index in [-0.39, 0.29) is 24.5 Å². The number of rotatable bonds is 5. The number of hydrogen-bond acceptors (Lipinski definition) is 4. The minimum absolute atomic E-state index is 0.0341. The summed E-state index contributed by atoms with van der Waals surface area (Å²) in [5.41, 5.74) is 4.69. The third-order valence-corrected chi connectivity index (χ3v) is 3.81. The number of nitrogens with one attached hydrogen (secondary N) is 1. The largest absolute Gasteiger partial charge is 0.444 e. The molecule has 144 valence electrons. The Morgan fingerprint density at radius 2 is 2.12 bits per heavy atom. The third-order valence-electron chi connectivity index (χ3n) is 3.81. The first-order chi connectivity index (χ1) is 11.7. The lowest BCUT2D eigenvalue weighted by Crippen LogP contribution is -2.42. The highest BCUT2D eigenvalue weighted by molar-refractivity contribution is 5.96. The first-order valence-corrected chi connectivity index (χ1v) is 8.58. The zero-order valence-corrected chi connectivity index (χ0v) is 15.5. The number of carbonyl (C=O) groups is 1. The van der Waals surface area contributed by atoms with Crippen LogP contribution in [0.1, 0.15) is 46.5 Å². The van der Waals surface area contributed by atoms with Gasteiger partial charge >= 0.3 is 6.09 Å². The molecule has 3 N–H and O–H groups in total. The van der Waals surface area contributed by atoms with Gasteiger partial charge in [-0.3, -0.25) is 4.99 Å². The number of amides is 1. The van der Waals surface area contributed by atoms with Crippen molar-refractivity contribution in [2.45, 2.75) is 64.1 Å². The minimum Gasteiger partial charge on any atom is -0.444 e. The molecule has 1 aliphatic carbocycles. The smallest absolute Gasteiger partial charge is 0.407 e. The van der Waals surface area contributed by atoms with Crippen molar-refractivity contribution >= 4 is 11.9 Å². The highest BCUT2D eigenvalue weighted by atomic mass is 19.1. The minimum atomic E-state index is -0.682. The Hall–Kier alpha value is -1.86. The molecule has 0 bridgehead atoms. The van der Waals surface area contributed by atoms with Gasteiger partial charge in [0.25, 0.3) is 0 Å². The van der Waals surface area contributed by atoms with Crippen molar-refractivity contribution < 1.29 is 18.3 Å². The van der Waals surface area contributed by atoms with Gasteiger partial charge in [0.05, 0.1) is 6.04 Å². The number of alkyl carbamates (subject to hydrolysis) is 1. The highest BCUT2D eigenvalue weighted by Crippen LogP contribution is 2.23. The molecule has 6 nitrogen and oxygen atoms in total. The summed E-state index contributed by atoms with van der Waals surface area (Å²) in [7, 11) is 1.57. The fraction of sp³-hybridized carbons (Fsp3) is 0.765. The van der Waals surface area contributed by atoms with E-state index in [4.69, 9.17) is 10.5 Å². The summed E-state index contributed by atoms with van der Waals surface area (Å²) in [6.45, 7) is 4.83. The fourth-order valence-electron chi connectivity index (χ4n) is 2.71. The summed E-state index contributed by atoms with van der Waals surface area (Å²) < 4.78 is 31.8. The predicted molar refractivity (Wildman–Crippen MR) is 94.8 cm³/mol. The van der Waals surface area contributed by atoms with Gasteiger partial charge in [0.15, 0.2) is 11.7 Å². The lowest BCUT2D eigenvalue weighted by atomic mass is 9.91. The molecule has 0 aromatic carbocycles. The predicted octanol–water partition coefficient (Wildman–Crippen LogP) is 2.89. The molecule has 1 fully saturated rings. The van der Waals surface area contributed by atoms with Gasteiger partial charge in [-0.2, -0.15) is 0 Å². The van der Waals surface area contributed by atoms with Crippen LogP contribution < -0.4 is 11.1 Å². The van der Waals surface area contributed by atoms with Crippen molar-refractivity contribution in [2.75, 3.05) is 20.3 Å². The van der Waals surface area contributed by atoms with Crippen LogP contribution in [0.2, 0.25) is 0 Å². The van der Waals surface area contributed by atoms with Gasteiger partial charge in [-0.25, -0.2) is 13.6 Å². The van der Waals surface area contributed by atoms with Gasteiger partial charge in [0, 0.05) is 25.8 Å². The van der Waals surface area contributed by atoms with Crippen LogP contribution in [0.4, 0.5) is 13.6 Å². The zero-order chi connectivity index (χ0) is 19.0. The van der Waals surface area contributed by atoms with Gasteiger partial charge in [0.1, 0.15) is 12.3 Å². The number of ether oxygens (including phenoxy) is 1. The Kier molecular flexibility index (Phi) is 8.12. The molecule has 0 saturated heterocycles. The van der Waals surface area contributed by atoms with Crippen molar-refractivity contribution in [3.63, 3.8) is 0 Å². The molecule has 1 amide bonds. The Labute approximate surface area is 148 Å². The SMILES string of the molecule is CN(CCF)C(=N[C@H]1CCC[C@@H](NC(=O)OC(C)(C)C)C1)C(F)=CN. The van der Waals surface area contributed by atoms with Crippen LogP contribution in [0.5, 0.6) is 0 Å². The van der Waals surface area contributed by atoms with Gasteiger partial charge in [-0.1, -0.05) is 0 Å². The second kappa shape index (κ2) is 9.58. The normalized spacial score (nSPS) is 22.5. The van der Waals surface area contributed by atoms with Crippen molar-refractivity contribution in [1.29, 1.82) is 0 Å². The summed E-state index contributed by atoms with van der Waals surface area (Å²) >= 11 is 0. The maximum absolute atomic E-state index is 14.0. The molecule has 8 heteroatoms. The van der Waals surface area contributed by atoms with Crippen LogP contribution in [0.15, 0.2) is 17.0 Å². The first kappa shape index (κ1) is 21.2. The number of hydrogen-bond donors (Lipinski definition) is 2. The maximum atomic E-state index is 14.0. The van der Waals surface area contributed by atoms with Crippen molar-refractivity contribution in [3.05, 3.63) is 12.0 Å². The van der Waals surface area contributed by atoms with Crippen LogP contribution in [0.25, 0.3) is 0 Å². The summed E-state index contributed by atoms with van der Waals surface area (Å²) in [6, 6.07) is -0.258. The molecule has 2 atom stereocenters. The number of aliphatic imine (C=N–C) groups is 1. The molecule has 1 aliphatic rings. The number of amidine groups is 1. The van der Waals surface area contributed by atoms with Crippen molar-refractivity contribution in [2.24, 2.45) is 10.7 Å². The third kappa shape index (κ3) is 7.70. The van der Waals surface area contributed by atoms with Gasteiger partial charge in [-0.05, 0) is 46.5 Å². The Morgan fingerprint density at radius 1 is 1.44 bits per heavy atom. The number of nitrogens with zero attached hydrogens (tertiary/aromatic N) is 2. The quantitative estimate of drug-likeness (QED) is 0.584. The number of nitrogens with two attached hydrogens (primary N) is 1. The Bertz CT molecular complexity index is 503. The summed E-state index contributed by atoms with van der Waals surface area (Å²) in [6.07, 6.45) is 3.37. The topological polar surface area (TPSA) is 80.0 Å². The number of likely N-dealkylation sites (N-methyl/N-ethyl adjacent to an activating group) is 1. The van der Waals surface area contributed by atoms with Crippen LogP contribution >= 0.6 is 0 Å². The van der Waals surface area contributed by atoms with Crippen LogP contribution in [-0.2, 0) is 4.74 Å². The number of halogens is 2. The molecular formula is C17H30F2N4O2. The first-order valence-electron chi connectivity index (χ1n) is 8.58. The van der Waals surface area contributed by atoms with Crippen LogP contribution in [-0.4, -0.2) is 54.8 Å². The summed E-state index contributed by atoms with van der Waals surface area (Å²) in [5, 5.41) is 2.84. The van der Waals surface area contributed by atoms with E-state index in [0.717, 1.165) is 25.5 Å². The number of carbonyl (C=O) groups excluding carboxylic acids is 1. The average Bonchev–Trinajstić information content (AvgIpc) is 2.50. The molecule has 1 rings (SSSR count). The summed E-state index contributed by atoms with van der Waals surface area (Å²) in [4.78, 5) is 17.7. The van der Waals surface area contributed by atoms with E-state index >= 15 is 0 Å². The standard InChI is InChI=1S/C17H30F2N4O2/c1-17(2,3)25-16(24)22-13-7-5-6-12(10-13)21-15(14(19)11-20)23(4)9-8-18/h11-13H,5-10,20H2,1-4H3,(H,22,24)/t12-,13+/m0/s1. The molecule has 0 spiro atoms. The Balaban J connectivity index is 2.75. The van der Waals surface area contributed by atoms with Crippen LogP contribution in [0, 0.1) is 0 Å². The van der Waals surface area contributed by atoms with Crippen molar-refractivity contribution in [3.8, 4) is 0 Å². The second-order valence-corrected chi connectivity index (χ2v) is 7.24. The van der Waals surface area contributed by atoms with E-state index in [1.807, 2.05) is 0 Å².